The third kappa shape index (κ3) is 2.87. The molecular formula is C13H16ClN3O. The first kappa shape index (κ1) is 13.0. The number of halogens is 1. The fourth-order valence-electron chi connectivity index (χ4n) is 2.12. The van der Waals surface area contributed by atoms with Crippen molar-refractivity contribution in [2.75, 3.05) is 44.7 Å². The normalized spacial score (nSPS) is 16.4. The van der Waals surface area contributed by atoms with Crippen molar-refractivity contribution in [1.82, 2.24) is 4.90 Å². The maximum atomic E-state index is 8.66. The molecule has 0 radical (unpaired) electrons. The lowest BCUT2D eigenvalue weighted by Crippen LogP contribution is -2.46. The van der Waals surface area contributed by atoms with Crippen molar-refractivity contribution >= 4 is 17.3 Å². The molecule has 5 heteroatoms. The van der Waals surface area contributed by atoms with Crippen LogP contribution in [0.4, 0.5) is 5.69 Å². The van der Waals surface area contributed by atoms with Crippen LogP contribution in [0.15, 0.2) is 18.2 Å². The Morgan fingerprint density at radius 1 is 1.33 bits per heavy atom. The zero-order valence-electron chi connectivity index (χ0n) is 10.4. The van der Waals surface area contributed by atoms with Gasteiger partial charge in [0.05, 0.1) is 24.7 Å². The molecule has 4 nitrogen and oxygen atoms in total. The summed E-state index contributed by atoms with van der Waals surface area (Å²) in [6, 6.07) is 8.02. The monoisotopic (exact) mass is 265 g/mol. The standard InChI is InChI=1S/C13H16ClN3O/c1-18-13-3-2-11(10-12(13)14)17-8-6-16(5-4-15)7-9-17/h2-3,10H,5-9H2,1H3. The largest absolute Gasteiger partial charge is 0.495 e. The van der Waals surface area contributed by atoms with Gasteiger partial charge in [0.1, 0.15) is 5.75 Å². The van der Waals surface area contributed by atoms with Crippen molar-refractivity contribution in [3.63, 3.8) is 0 Å². The van der Waals surface area contributed by atoms with E-state index in [0.29, 0.717) is 17.3 Å². The first-order valence-electron chi connectivity index (χ1n) is 5.92. The second kappa shape index (κ2) is 5.94. The van der Waals surface area contributed by atoms with Gasteiger partial charge in [-0.15, -0.1) is 0 Å². The van der Waals surface area contributed by atoms with Crippen LogP contribution in [0.5, 0.6) is 5.75 Å². The number of nitrogens with zero attached hydrogens (tertiary/aromatic N) is 3. The Hall–Kier alpha value is -1.44. The van der Waals surface area contributed by atoms with Crippen molar-refractivity contribution in [2.45, 2.75) is 0 Å². The zero-order valence-corrected chi connectivity index (χ0v) is 11.2. The average Bonchev–Trinajstić information content (AvgIpc) is 2.40. The van der Waals surface area contributed by atoms with E-state index in [1.54, 1.807) is 7.11 Å². The van der Waals surface area contributed by atoms with Gasteiger partial charge in [-0.1, -0.05) is 11.6 Å². The van der Waals surface area contributed by atoms with Gasteiger partial charge < -0.3 is 9.64 Å². The van der Waals surface area contributed by atoms with E-state index in [-0.39, 0.29) is 0 Å². The lowest BCUT2D eigenvalue weighted by molar-refractivity contribution is 0.287. The topological polar surface area (TPSA) is 39.5 Å². The average molecular weight is 266 g/mol. The van der Waals surface area contributed by atoms with E-state index in [4.69, 9.17) is 21.6 Å². The highest BCUT2D eigenvalue weighted by atomic mass is 35.5. The Kier molecular flexibility index (Phi) is 4.29. The van der Waals surface area contributed by atoms with E-state index in [9.17, 15) is 0 Å². The molecule has 0 spiro atoms. The number of methoxy groups -OCH3 is 1. The van der Waals surface area contributed by atoms with Crippen LogP contribution in [-0.2, 0) is 0 Å². The van der Waals surface area contributed by atoms with E-state index in [1.807, 2.05) is 18.2 Å². The lowest BCUT2D eigenvalue weighted by atomic mass is 10.2. The predicted octanol–water partition coefficient (Wildman–Crippen LogP) is 1.99. The van der Waals surface area contributed by atoms with E-state index in [1.165, 1.54) is 0 Å². The van der Waals surface area contributed by atoms with E-state index in [2.05, 4.69) is 15.9 Å². The number of benzene rings is 1. The highest BCUT2D eigenvalue weighted by Gasteiger charge is 2.17. The second-order valence-corrected chi connectivity index (χ2v) is 4.65. The summed E-state index contributed by atoms with van der Waals surface area (Å²) in [6.07, 6.45) is 0. The Balaban J connectivity index is 2.01. The molecule has 0 aromatic heterocycles. The van der Waals surface area contributed by atoms with Crippen LogP contribution in [-0.4, -0.2) is 44.7 Å². The van der Waals surface area contributed by atoms with Gasteiger partial charge in [0.2, 0.25) is 0 Å². The van der Waals surface area contributed by atoms with Crippen LogP contribution in [0, 0.1) is 11.3 Å². The molecule has 1 aliphatic heterocycles. The highest BCUT2D eigenvalue weighted by Crippen LogP contribution is 2.29. The van der Waals surface area contributed by atoms with Crippen molar-refractivity contribution in [2.24, 2.45) is 0 Å². The molecule has 0 unspecified atom stereocenters. The van der Waals surface area contributed by atoms with Gasteiger partial charge in [0, 0.05) is 31.9 Å². The zero-order chi connectivity index (χ0) is 13.0. The number of hydrogen-bond acceptors (Lipinski definition) is 4. The lowest BCUT2D eigenvalue weighted by Gasteiger charge is -2.35. The van der Waals surface area contributed by atoms with Crippen LogP contribution in [0.3, 0.4) is 0 Å². The molecule has 1 aromatic rings. The predicted molar refractivity (Wildman–Crippen MR) is 72.3 cm³/mol. The molecule has 2 rings (SSSR count). The summed E-state index contributed by atoms with van der Waals surface area (Å²) in [6.45, 7) is 4.18. The summed E-state index contributed by atoms with van der Waals surface area (Å²) >= 11 is 6.12. The first-order chi connectivity index (χ1) is 8.74. The van der Waals surface area contributed by atoms with Gasteiger partial charge in [-0.05, 0) is 18.2 Å². The smallest absolute Gasteiger partial charge is 0.137 e. The highest BCUT2D eigenvalue weighted by molar-refractivity contribution is 6.32. The molecule has 1 aliphatic rings. The molecule has 18 heavy (non-hydrogen) atoms. The number of anilines is 1. The summed E-state index contributed by atoms with van der Waals surface area (Å²) in [5.41, 5.74) is 1.11. The molecule has 0 bridgehead atoms. The van der Waals surface area contributed by atoms with Gasteiger partial charge >= 0.3 is 0 Å². The van der Waals surface area contributed by atoms with Gasteiger partial charge in [-0.2, -0.15) is 5.26 Å². The number of nitriles is 1. The fraction of sp³-hybridized carbons (Fsp3) is 0.462. The molecule has 0 N–H and O–H groups in total. The van der Waals surface area contributed by atoms with Gasteiger partial charge in [-0.3, -0.25) is 4.90 Å². The van der Waals surface area contributed by atoms with E-state index < -0.39 is 0 Å². The van der Waals surface area contributed by atoms with Crippen LogP contribution in [0.25, 0.3) is 0 Å². The quantitative estimate of drug-likeness (QED) is 0.784. The number of hydrogen-bond donors (Lipinski definition) is 0. The molecule has 96 valence electrons. The minimum Gasteiger partial charge on any atom is -0.495 e. The SMILES string of the molecule is COc1ccc(N2CCN(CC#N)CC2)cc1Cl. The van der Waals surface area contributed by atoms with E-state index in [0.717, 1.165) is 31.9 Å². The van der Waals surface area contributed by atoms with Crippen molar-refractivity contribution < 1.29 is 4.74 Å². The van der Waals surface area contributed by atoms with Crippen LogP contribution >= 0.6 is 11.6 Å². The van der Waals surface area contributed by atoms with Gasteiger partial charge in [-0.25, -0.2) is 0 Å². The summed E-state index contributed by atoms with van der Waals surface area (Å²) in [5, 5.41) is 9.29. The van der Waals surface area contributed by atoms with Crippen LogP contribution < -0.4 is 9.64 Å². The minimum absolute atomic E-state index is 0.511. The summed E-state index contributed by atoms with van der Waals surface area (Å²) in [4.78, 5) is 4.43. The number of ether oxygens (including phenoxy) is 1. The van der Waals surface area contributed by atoms with Crippen molar-refractivity contribution in [1.29, 1.82) is 5.26 Å². The summed E-state index contributed by atoms with van der Waals surface area (Å²) in [7, 11) is 1.61. The molecule has 0 atom stereocenters. The molecule has 1 aromatic carbocycles. The van der Waals surface area contributed by atoms with Crippen molar-refractivity contribution in [3.05, 3.63) is 23.2 Å². The van der Waals surface area contributed by atoms with Gasteiger partial charge in [0.25, 0.3) is 0 Å². The fourth-order valence-corrected chi connectivity index (χ4v) is 2.37. The third-order valence-electron chi connectivity index (χ3n) is 3.17. The van der Waals surface area contributed by atoms with Gasteiger partial charge in [0.15, 0.2) is 0 Å². The van der Waals surface area contributed by atoms with Crippen LogP contribution in [0.1, 0.15) is 0 Å². The molecule has 1 heterocycles. The Morgan fingerprint density at radius 2 is 2.06 bits per heavy atom. The Morgan fingerprint density at radius 3 is 2.61 bits per heavy atom. The Labute approximate surface area is 112 Å². The van der Waals surface area contributed by atoms with E-state index >= 15 is 0 Å². The summed E-state index contributed by atoms with van der Waals surface area (Å²) < 4.78 is 5.14. The number of piperazine rings is 1. The maximum absolute atomic E-state index is 8.66. The Bertz CT molecular complexity index is 450. The molecule has 0 saturated carbocycles. The number of rotatable bonds is 3. The first-order valence-corrected chi connectivity index (χ1v) is 6.30. The molecule has 0 aliphatic carbocycles. The third-order valence-corrected chi connectivity index (χ3v) is 3.46. The molecular weight excluding hydrogens is 250 g/mol. The van der Waals surface area contributed by atoms with Crippen molar-refractivity contribution in [3.8, 4) is 11.8 Å². The second-order valence-electron chi connectivity index (χ2n) is 4.24. The molecule has 0 amide bonds. The minimum atomic E-state index is 0.511. The maximum Gasteiger partial charge on any atom is 0.137 e. The van der Waals surface area contributed by atoms with Crippen LogP contribution in [0.2, 0.25) is 5.02 Å². The molecule has 1 fully saturated rings. The summed E-state index contributed by atoms with van der Waals surface area (Å²) in [5.74, 6) is 0.698. The molecule has 1 saturated heterocycles.